The number of anilines is 1. The molecule has 5 nitrogen and oxygen atoms in total. The predicted octanol–water partition coefficient (Wildman–Crippen LogP) is 1.51. The molecule has 1 N–H and O–H groups in total. The van der Waals surface area contributed by atoms with Crippen molar-refractivity contribution in [3.8, 4) is 0 Å². The first-order valence-corrected chi connectivity index (χ1v) is 7.97. The molecule has 0 spiro atoms. The number of likely N-dealkylation sites (N-methyl/N-ethyl adjacent to an activating group) is 1. The number of piperidine rings is 1. The smallest absolute Gasteiger partial charge is 0.240 e. The first-order chi connectivity index (χ1) is 10.7. The molecule has 0 saturated carbocycles. The molecule has 1 aromatic carbocycles. The van der Waals surface area contributed by atoms with E-state index >= 15 is 0 Å². The molecule has 0 bridgehead atoms. The minimum absolute atomic E-state index is 0.117. The molecule has 1 aromatic rings. The van der Waals surface area contributed by atoms with E-state index in [2.05, 4.69) is 4.90 Å². The number of rotatable bonds is 7. The van der Waals surface area contributed by atoms with Crippen LogP contribution >= 0.6 is 0 Å². The first-order valence-electron chi connectivity index (χ1n) is 7.97. The van der Waals surface area contributed by atoms with Crippen molar-refractivity contribution >= 4 is 11.6 Å². The fourth-order valence-corrected chi connectivity index (χ4v) is 2.64. The molecule has 0 aromatic heterocycles. The van der Waals surface area contributed by atoms with Gasteiger partial charge in [0.25, 0.3) is 0 Å². The molecule has 1 saturated heterocycles. The van der Waals surface area contributed by atoms with Gasteiger partial charge >= 0.3 is 0 Å². The summed E-state index contributed by atoms with van der Waals surface area (Å²) in [5, 5.41) is 8.75. The maximum atomic E-state index is 12.3. The van der Waals surface area contributed by atoms with E-state index in [1.165, 1.54) is 0 Å². The van der Waals surface area contributed by atoms with E-state index in [1.54, 1.807) is 4.90 Å². The van der Waals surface area contributed by atoms with Crippen molar-refractivity contribution in [2.24, 2.45) is 0 Å². The normalized spacial score (nSPS) is 16.6. The van der Waals surface area contributed by atoms with Crippen LogP contribution in [0.2, 0.25) is 0 Å². The molecule has 5 heteroatoms. The Hall–Kier alpha value is -1.43. The summed E-state index contributed by atoms with van der Waals surface area (Å²) in [5.74, 6) is 0.117. The SMILES string of the molecule is CN(C(=O)CN1CCC(OCCCO)CC1)c1ccccc1. The summed E-state index contributed by atoms with van der Waals surface area (Å²) in [6.07, 6.45) is 2.87. The van der Waals surface area contributed by atoms with Gasteiger partial charge in [-0.05, 0) is 31.4 Å². The van der Waals surface area contributed by atoms with Gasteiger partial charge in [-0.25, -0.2) is 0 Å². The minimum Gasteiger partial charge on any atom is -0.396 e. The van der Waals surface area contributed by atoms with Crippen molar-refractivity contribution in [1.29, 1.82) is 0 Å². The number of likely N-dealkylation sites (tertiary alicyclic amines) is 1. The maximum Gasteiger partial charge on any atom is 0.240 e. The lowest BCUT2D eigenvalue weighted by Crippen LogP contribution is -2.43. The van der Waals surface area contributed by atoms with Crippen molar-refractivity contribution in [3.05, 3.63) is 30.3 Å². The molecule has 1 aliphatic rings. The molecule has 0 atom stereocenters. The van der Waals surface area contributed by atoms with Crippen molar-refractivity contribution < 1.29 is 14.6 Å². The monoisotopic (exact) mass is 306 g/mol. The molecule has 1 fully saturated rings. The zero-order valence-corrected chi connectivity index (χ0v) is 13.3. The Kier molecular flexibility index (Phi) is 6.83. The van der Waals surface area contributed by atoms with Gasteiger partial charge in [0.15, 0.2) is 0 Å². The van der Waals surface area contributed by atoms with E-state index in [0.717, 1.165) is 31.6 Å². The Bertz CT molecular complexity index is 444. The summed E-state index contributed by atoms with van der Waals surface area (Å²) in [4.78, 5) is 16.2. The van der Waals surface area contributed by atoms with Crippen LogP contribution in [0.25, 0.3) is 0 Å². The topological polar surface area (TPSA) is 53.0 Å². The molecular weight excluding hydrogens is 280 g/mol. The van der Waals surface area contributed by atoms with Crippen LogP contribution in [0.5, 0.6) is 0 Å². The molecule has 1 heterocycles. The third kappa shape index (κ3) is 5.09. The highest BCUT2D eigenvalue weighted by molar-refractivity contribution is 5.94. The number of hydrogen-bond donors (Lipinski definition) is 1. The Morgan fingerprint density at radius 2 is 2.00 bits per heavy atom. The summed E-state index contributed by atoms with van der Waals surface area (Å²) < 4.78 is 5.71. The lowest BCUT2D eigenvalue weighted by atomic mass is 10.1. The Balaban J connectivity index is 1.72. The quantitative estimate of drug-likeness (QED) is 0.776. The number of benzene rings is 1. The number of para-hydroxylation sites is 1. The highest BCUT2D eigenvalue weighted by Gasteiger charge is 2.22. The third-order valence-corrected chi connectivity index (χ3v) is 4.07. The van der Waals surface area contributed by atoms with Crippen molar-refractivity contribution in [1.82, 2.24) is 4.90 Å². The second-order valence-electron chi connectivity index (χ2n) is 5.71. The molecular formula is C17H26N2O3. The number of aliphatic hydroxyl groups is 1. The van der Waals surface area contributed by atoms with Gasteiger partial charge in [0.05, 0.1) is 12.6 Å². The van der Waals surface area contributed by atoms with Gasteiger partial charge in [-0.2, -0.15) is 0 Å². The van der Waals surface area contributed by atoms with Gasteiger partial charge in [0.2, 0.25) is 5.91 Å². The van der Waals surface area contributed by atoms with Crippen LogP contribution in [0.1, 0.15) is 19.3 Å². The van der Waals surface area contributed by atoms with Gasteiger partial charge in [-0.15, -0.1) is 0 Å². The summed E-state index contributed by atoms with van der Waals surface area (Å²) in [6.45, 7) is 3.03. The molecule has 22 heavy (non-hydrogen) atoms. The first kappa shape index (κ1) is 16.9. The van der Waals surface area contributed by atoms with Gasteiger partial charge in [-0.3, -0.25) is 9.69 Å². The summed E-state index contributed by atoms with van der Waals surface area (Å²) in [6, 6.07) is 9.71. The Morgan fingerprint density at radius 1 is 1.32 bits per heavy atom. The van der Waals surface area contributed by atoms with Crippen LogP contribution in [0, 0.1) is 0 Å². The summed E-state index contributed by atoms with van der Waals surface area (Å²) in [7, 11) is 1.82. The average Bonchev–Trinajstić information content (AvgIpc) is 2.57. The number of hydrogen-bond acceptors (Lipinski definition) is 4. The highest BCUT2D eigenvalue weighted by Crippen LogP contribution is 2.15. The van der Waals surface area contributed by atoms with E-state index in [-0.39, 0.29) is 18.6 Å². The largest absolute Gasteiger partial charge is 0.396 e. The Morgan fingerprint density at radius 3 is 2.64 bits per heavy atom. The number of nitrogens with zero attached hydrogens (tertiary/aromatic N) is 2. The van der Waals surface area contributed by atoms with Crippen LogP contribution < -0.4 is 4.90 Å². The van der Waals surface area contributed by atoms with Crippen molar-refractivity contribution in [2.75, 3.05) is 44.8 Å². The number of carbonyl (C=O) groups is 1. The van der Waals surface area contributed by atoms with Gasteiger partial charge in [0, 0.05) is 39.0 Å². The van der Waals surface area contributed by atoms with Gasteiger partial charge in [-0.1, -0.05) is 18.2 Å². The van der Waals surface area contributed by atoms with E-state index in [9.17, 15) is 4.79 Å². The Labute approximate surface area is 132 Å². The summed E-state index contributed by atoms with van der Waals surface area (Å²) >= 11 is 0. The molecule has 2 rings (SSSR count). The second-order valence-corrected chi connectivity index (χ2v) is 5.71. The van der Waals surface area contributed by atoms with Crippen LogP contribution in [0.15, 0.2) is 30.3 Å². The van der Waals surface area contributed by atoms with E-state index in [1.807, 2.05) is 37.4 Å². The average molecular weight is 306 g/mol. The van der Waals surface area contributed by atoms with Crippen LogP contribution in [0.4, 0.5) is 5.69 Å². The fourth-order valence-electron chi connectivity index (χ4n) is 2.64. The highest BCUT2D eigenvalue weighted by atomic mass is 16.5. The maximum absolute atomic E-state index is 12.3. The second kappa shape index (κ2) is 8.88. The van der Waals surface area contributed by atoms with E-state index < -0.39 is 0 Å². The lowest BCUT2D eigenvalue weighted by molar-refractivity contribution is -0.120. The van der Waals surface area contributed by atoms with Crippen molar-refractivity contribution in [2.45, 2.75) is 25.4 Å². The summed E-state index contributed by atoms with van der Waals surface area (Å²) in [5.41, 5.74) is 0.926. The zero-order valence-electron chi connectivity index (χ0n) is 13.3. The zero-order chi connectivity index (χ0) is 15.8. The van der Waals surface area contributed by atoms with Gasteiger partial charge in [0.1, 0.15) is 0 Å². The third-order valence-electron chi connectivity index (χ3n) is 4.07. The number of aliphatic hydroxyl groups excluding tert-OH is 1. The molecule has 0 aliphatic carbocycles. The molecule has 0 unspecified atom stereocenters. The molecule has 1 aliphatic heterocycles. The standard InChI is InChI=1S/C17H26N2O3/c1-18(15-6-3-2-4-7-15)17(21)14-19-10-8-16(9-11-19)22-13-5-12-20/h2-4,6-7,16,20H,5,8-14H2,1H3. The molecule has 1 amide bonds. The van der Waals surface area contributed by atoms with E-state index in [0.29, 0.717) is 19.6 Å². The molecule has 0 radical (unpaired) electrons. The van der Waals surface area contributed by atoms with E-state index in [4.69, 9.17) is 9.84 Å². The van der Waals surface area contributed by atoms with Gasteiger partial charge < -0.3 is 14.7 Å². The number of ether oxygens (including phenoxy) is 1. The minimum atomic E-state index is 0.117. The van der Waals surface area contributed by atoms with Crippen molar-refractivity contribution in [3.63, 3.8) is 0 Å². The number of amides is 1. The van der Waals surface area contributed by atoms with Crippen LogP contribution in [-0.2, 0) is 9.53 Å². The lowest BCUT2D eigenvalue weighted by Gasteiger charge is -2.32. The fraction of sp³-hybridized carbons (Fsp3) is 0.588. The molecule has 122 valence electrons. The number of carbonyl (C=O) groups excluding carboxylic acids is 1. The van der Waals surface area contributed by atoms with Crippen LogP contribution in [-0.4, -0.2) is 61.9 Å². The van der Waals surface area contributed by atoms with Crippen LogP contribution in [0.3, 0.4) is 0 Å². The predicted molar refractivity (Wildman–Crippen MR) is 87.0 cm³/mol.